The minimum Gasteiger partial charge on any atom is -0.394 e. The van der Waals surface area contributed by atoms with Crippen LogP contribution in [0.5, 0.6) is 0 Å². The van der Waals surface area contributed by atoms with Gasteiger partial charge in [0.15, 0.2) is 0 Å². The van der Waals surface area contributed by atoms with Gasteiger partial charge in [-0.25, -0.2) is 0 Å². The number of nitrogens with zero attached hydrogens (tertiary/aromatic N) is 1. The van der Waals surface area contributed by atoms with E-state index in [2.05, 4.69) is 15.6 Å². The summed E-state index contributed by atoms with van der Waals surface area (Å²) >= 11 is 0. The van der Waals surface area contributed by atoms with Crippen molar-refractivity contribution in [2.45, 2.75) is 40.0 Å². The third kappa shape index (κ3) is 2.94. The molecular weight excluding hydrogens is 246 g/mol. The lowest BCUT2D eigenvalue weighted by atomic mass is 9.70. The van der Waals surface area contributed by atoms with Crippen molar-refractivity contribution in [2.24, 2.45) is 16.3 Å². The highest BCUT2D eigenvalue weighted by Crippen LogP contribution is 2.36. The lowest BCUT2D eigenvalue weighted by Crippen LogP contribution is -2.65. The molecule has 3 N–H and O–H groups in total. The molecule has 0 spiro atoms. The number of guanidine groups is 1. The van der Waals surface area contributed by atoms with Crippen molar-refractivity contribution >= 4 is 17.8 Å². The molecule has 0 aromatic carbocycles. The average Bonchev–Trinajstić information content (AvgIpc) is 2.37. The van der Waals surface area contributed by atoms with Crippen LogP contribution in [0.3, 0.4) is 0 Å². The van der Waals surface area contributed by atoms with Crippen LogP contribution in [0.4, 0.5) is 0 Å². The summed E-state index contributed by atoms with van der Waals surface area (Å²) in [6.45, 7) is 5.84. The number of hydrogen-bond donors (Lipinski definition) is 3. The van der Waals surface area contributed by atoms with Crippen molar-refractivity contribution in [3.8, 4) is 0 Å². The summed E-state index contributed by atoms with van der Waals surface area (Å²) in [5, 5.41) is 14.0. The van der Waals surface area contributed by atoms with E-state index in [4.69, 9.17) is 5.11 Å². The molecule has 1 rings (SSSR count). The van der Waals surface area contributed by atoms with Gasteiger partial charge in [-0.05, 0) is 18.8 Å². The number of carbonyl (C=O) groups is 2. The first kappa shape index (κ1) is 15.6. The van der Waals surface area contributed by atoms with Crippen LogP contribution in [0, 0.1) is 11.3 Å². The van der Waals surface area contributed by atoms with Gasteiger partial charge in [-0.15, -0.1) is 0 Å². The lowest BCUT2D eigenvalue weighted by molar-refractivity contribution is -0.148. The maximum atomic E-state index is 12.3. The summed E-state index contributed by atoms with van der Waals surface area (Å²) < 4.78 is 0. The predicted octanol–water partition coefficient (Wildman–Crippen LogP) is 0.413. The first-order chi connectivity index (χ1) is 9.02. The lowest BCUT2D eigenvalue weighted by Gasteiger charge is -2.39. The summed E-state index contributed by atoms with van der Waals surface area (Å²) in [6.07, 6.45) is 2.20. The van der Waals surface area contributed by atoms with Gasteiger partial charge >= 0.3 is 0 Å². The fraction of sp³-hybridized carbons (Fsp3) is 0.769. The molecule has 2 amide bonds. The molecule has 1 aliphatic heterocycles. The summed E-state index contributed by atoms with van der Waals surface area (Å²) in [5.74, 6) is -0.480. The number of aliphatic hydroxyl groups is 1. The Balaban J connectivity index is 2.97. The van der Waals surface area contributed by atoms with Gasteiger partial charge in [0.1, 0.15) is 5.41 Å². The SMILES string of the molecule is CCC[C@@H](C)C1(CC)C(=O)NC(=NCCO)NC1=O. The molecule has 6 nitrogen and oxygen atoms in total. The molecule has 19 heavy (non-hydrogen) atoms. The van der Waals surface area contributed by atoms with Crippen molar-refractivity contribution in [1.82, 2.24) is 10.6 Å². The number of aliphatic imine (C=N–C) groups is 1. The number of aliphatic hydroxyl groups excluding tert-OH is 1. The maximum absolute atomic E-state index is 12.3. The van der Waals surface area contributed by atoms with E-state index in [1.165, 1.54) is 0 Å². The molecule has 0 aliphatic carbocycles. The first-order valence-corrected chi connectivity index (χ1v) is 6.81. The molecule has 0 unspecified atom stereocenters. The zero-order valence-electron chi connectivity index (χ0n) is 11.8. The Morgan fingerprint density at radius 3 is 2.26 bits per heavy atom. The molecule has 0 aromatic heterocycles. The van der Waals surface area contributed by atoms with Crippen molar-refractivity contribution < 1.29 is 14.7 Å². The zero-order valence-corrected chi connectivity index (χ0v) is 11.8. The molecule has 0 saturated carbocycles. The minimum absolute atomic E-state index is 0.0260. The predicted molar refractivity (Wildman–Crippen MR) is 72.5 cm³/mol. The van der Waals surface area contributed by atoms with Crippen LogP contribution >= 0.6 is 0 Å². The van der Waals surface area contributed by atoms with Crippen LogP contribution in [-0.2, 0) is 9.59 Å². The van der Waals surface area contributed by atoms with E-state index in [0.717, 1.165) is 12.8 Å². The van der Waals surface area contributed by atoms with E-state index in [1.54, 1.807) is 0 Å². The Kier molecular flexibility index (Phi) is 5.47. The number of amides is 2. The second-order valence-corrected chi connectivity index (χ2v) is 4.88. The van der Waals surface area contributed by atoms with Crippen molar-refractivity contribution in [1.29, 1.82) is 0 Å². The van der Waals surface area contributed by atoms with Gasteiger partial charge in [0.05, 0.1) is 13.2 Å². The molecule has 0 aromatic rings. The minimum atomic E-state index is -1.02. The van der Waals surface area contributed by atoms with Crippen molar-refractivity contribution in [3.63, 3.8) is 0 Å². The van der Waals surface area contributed by atoms with Crippen LogP contribution in [0.2, 0.25) is 0 Å². The molecular formula is C13H23N3O3. The second-order valence-electron chi connectivity index (χ2n) is 4.88. The van der Waals surface area contributed by atoms with E-state index in [9.17, 15) is 9.59 Å². The van der Waals surface area contributed by atoms with E-state index >= 15 is 0 Å². The molecule has 108 valence electrons. The Hall–Kier alpha value is -1.43. The van der Waals surface area contributed by atoms with Gasteiger partial charge in [-0.1, -0.05) is 27.2 Å². The molecule has 0 bridgehead atoms. The molecule has 6 heteroatoms. The van der Waals surface area contributed by atoms with Crippen molar-refractivity contribution in [3.05, 3.63) is 0 Å². The maximum Gasteiger partial charge on any atom is 0.242 e. The quantitative estimate of drug-likeness (QED) is 0.610. The topological polar surface area (TPSA) is 90.8 Å². The molecule has 0 radical (unpaired) electrons. The molecule has 1 fully saturated rings. The summed E-state index contributed by atoms with van der Waals surface area (Å²) in [5.41, 5.74) is -1.02. The Labute approximate surface area is 113 Å². The number of hydrogen-bond acceptors (Lipinski definition) is 4. The van der Waals surface area contributed by atoms with Crippen LogP contribution < -0.4 is 10.6 Å². The van der Waals surface area contributed by atoms with E-state index < -0.39 is 5.41 Å². The van der Waals surface area contributed by atoms with Crippen LogP contribution in [0.15, 0.2) is 4.99 Å². The van der Waals surface area contributed by atoms with E-state index in [1.807, 2.05) is 20.8 Å². The molecule has 1 saturated heterocycles. The number of rotatable bonds is 6. The first-order valence-electron chi connectivity index (χ1n) is 6.81. The van der Waals surface area contributed by atoms with E-state index in [0.29, 0.717) is 6.42 Å². The van der Waals surface area contributed by atoms with Crippen molar-refractivity contribution in [2.75, 3.05) is 13.2 Å². The highest BCUT2D eigenvalue weighted by molar-refractivity contribution is 6.20. The van der Waals surface area contributed by atoms with Crippen LogP contribution in [0.1, 0.15) is 40.0 Å². The fourth-order valence-corrected chi connectivity index (χ4v) is 2.61. The van der Waals surface area contributed by atoms with Gasteiger partial charge in [0.25, 0.3) is 0 Å². The monoisotopic (exact) mass is 269 g/mol. The summed E-state index contributed by atoms with van der Waals surface area (Å²) in [6, 6.07) is 0. The van der Waals surface area contributed by atoms with E-state index in [-0.39, 0.29) is 36.8 Å². The highest BCUT2D eigenvalue weighted by Gasteiger charge is 2.51. The molecule has 1 heterocycles. The smallest absolute Gasteiger partial charge is 0.242 e. The number of carbonyl (C=O) groups excluding carboxylic acids is 2. The van der Waals surface area contributed by atoms with Gasteiger partial charge in [0.2, 0.25) is 17.8 Å². The van der Waals surface area contributed by atoms with Gasteiger partial charge in [0, 0.05) is 0 Å². The third-order valence-electron chi connectivity index (χ3n) is 3.76. The van der Waals surface area contributed by atoms with Gasteiger partial charge in [-0.3, -0.25) is 25.2 Å². The molecule has 1 atom stereocenters. The third-order valence-corrected chi connectivity index (χ3v) is 3.76. The van der Waals surface area contributed by atoms with Crippen LogP contribution in [-0.4, -0.2) is 36.0 Å². The highest BCUT2D eigenvalue weighted by atomic mass is 16.3. The van der Waals surface area contributed by atoms with Crippen LogP contribution in [0.25, 0.3) is 0 Å². The average molecular weight is 269 g/mol. The van der Waals surface area contributed by atoms with Gasteiger partial charge in [-0.2, -0.15) is 0 Å². The summed E-state index contributed by atoms with van der Waals surface area (Å²) in [7, 11) is 0. The van der Waals surface area contributed by atoms with Gasteiger partial charge < -0.3 is 5.11 Å². The Morgan fingerprint density at radius 1 is 1.26 bits per heavy atom. The fourth-order valence-electron chi connectivity index (χ4n) is 2.61. The normalized spacial score (nSPS) is 24.7. The zero-order chi connectivity index (χ0) is 14.5. The second kappa shape index (κ2) is 6.65. The summed E-state index contributed by atoms with van der Waals surface area (Å²) in [4.78, 5) is 28.6. The standard InChI is InChI=1S/C13H23N3O3/c1-4-6-9(3)13(5-2)10(18)15-12(14-7-8-17)16-11(13)19/h9,17H,4-8H2,1-3H3,(H2,14,15,16,18,19)/t9-/m1/s1. The largest absolute Gasteiger partial charge is 0.394 e. The molecule has 1 aliphatic rings. The number of nitrogens with one attached hydrogen (secondary N) is 2. The Bertz CT molecular complexity index is 359. The Morgan fingerprint density at radius 2 is 1.84 bits per heavy atom.